The zero-order valence-corrected chi connectivity index (χ0v) is 20.4. The molecule has 2 aromatic rings. The summed E-state index contributed by atoms with van der Waals surface area (Å²) < 4.78 is 5.13. The van der Waals surface area contributed by atoms with E-state index in [0.717, 1.165) is 16.9 Å². The molecular formula is C24H27N5O6S. The lowest BCUT2D eigenvalue weighted by Crippen LogP contribution is -2.50. The summed E-state index contributed by atoms with van der Waals surface area (Å²) in [6.07, 6.45) is -0.704. The molecule has 3 atom stereocenters. The lowest BCUT2D eigenvalue weighted by atomic mass is 10.0. The molecule has 0 unspecified atom stereocenters. The van der Waals surface area contributed by atoms with E-state index in [2.05, 4.69) is 16.0 Å². The molecule has 4 amide bonds. The van der Waals surface area contributed by atoms with Gasteiger partial charge in [0.15, 0.2) is 0 Å². The maximum Gasteiger partial charge on any atom is 0.413 e. The topological polar surface area (TPSA) is 161 Å². The minimum absolute atomic E-state index is 0.0575. The SMILES string of the molecule is C[C@@]12C[C@@H]1N(C(=O)CNC(=O)O)[C@H](C(=O)NCc1cc(C(=N)NC(=O)OCc3ccccc3)cs1)C2. The molecule has 2 heterocycles. The van der Waals surface area contributed by atoms with Gasteiger partial charge in [-0.3, -0.25) is 20.3 Å². The van der Waals surface area contributed by atoms with E-state index < -0.39 is 24.1 Å². The maximum atomic E-state index is 12.9. The molecule has 4 rings (SSSR count). The Morgan fingerprint density at radius 2 is 1.94 bits per heavy atom. The minimum atomic E-state index is -1.29. The van der Waals surface area contributed by atoms with Crippen molar-refractivity contribution < 1.29 is 29.0 Å². The van der Waals surface area contributed by atoms with Gasteiger partial charge >= 0.3 is 12.2 Å². The predicted molar refractivity (Wildman–Crippen MR) is 131 cm³/mol. The number of fused-ring (bicyclic) bond motifs is 1. The van der Waals surface area contributed by atoms with E-state index in [0.29, 0.717) is 12.0 Å². The highest BCUT2D eigenvalue weighted by molar-refractivity contribution is 7.10. The van der Waals surface area contributed by atoms with Crippen LogP contribution in [0.2, 0.25) is 0 Å². The van der Waals surface area contributed by atoms with Gasteiger partial charge in [0.05, 0.1) is 6.54 Å². The Labute approximate surface area is 211 Å². The van der Waals surface area contributed by atoms with Crippen molar-refractivity contribution in [1.82, 2.24) is 20.9 Å². The number of amides is 4. The third-order valence-electron chi connectivity index (χ3n) is 6.44. The normalized spacial score (nSPS) is 21.8. The first-order valence-electron chi connectivity index (χ1n) is 11.4. The van der Waals surface area contributed by atoms with E-state index in [1.54, 1.807) is 11.4 Å². The van der Waals surface area contributed by atoms with Crippen LogP contribution in [-0.2, 0) is 27.5 Å². The second kappa shape index (κ2) is 10.4. The number of carboxylic acid groups (broad SMARTS) is 1. The molecule has 0 bridgehead atoms. The third-order valence-corrected chi connectivity index (χ3v) is 7.37. The van der Waals surface area contributed by atoms with Crippen molar-refractivity contribution in [3.05, 3.63) is 57.8 Å². The number of piperidine rings is 1. The summed E-state index contributed by atoms with van der Waals surface area (Å²) in [5, 5.41) is 25.9. The number of nitrogens with one attached hydrogen (secondary N) is 4. The van der Waals surface area contributed by atoms with E-state index in [1.165, 1.54) is 16.2 Å². The Hall–Kier alpha value is -3.93. The molecule has 1 aromatic heterocycles. The molecule has 0 spiro atoms. The fraction of sp³-hybridized carbons (Fsp3) is 0.375. The van der Waals surface area contributed by atoms with E-state index >= 15 is 0 Å². The molecule has 190 valence electrons. The summed E-state index contributed by atoms with van der Waals surface area (Å²) >= 11 is 1.32. The van der Waals surface area contributed by atoms with Crippen molar-refractivity contribution in [1.29, 1.82) is 5.41 Å². The number of ether oxygens (including phenoxy) is 1. The van der Waals surface area contributed by atoms with Crippen LogP contribution in [0.4, 0.5) is 9.59 Å². The molecule has 1 saturated heterocycles. The second-order valence-corrected chi connectivity index (χ2v) is 10.1. The summed E-state index contributed by atoms with van der Waals surface area (Å²) in [4.78, 5) is 50.5. The number of alkyl carbamates (subject to hydrolysis) is 1. The highest BCUT2D eigenvalue weighted by Crippen LogP contribution is 2.59. The number of likely N-dealkylation sites (tertiary alicyclic amines) is 1. The number of rotatable bonds is 8. The first-order chi connectivity index (χ1) is 17.2. The van der Waals surface area contributed by atoms with Gasteiger partial charge in [0.1, 0.15) is 25.0 Å². The highest BCUT2D eigenvalue weighted by atomic mass is 32.1. The van der Waals surface area contributed by atoms with Crippen LogP contribution in [0.5, 0.6) is 0 Å². The summed E-state index contributed by atoms with van der Waals surface area (Å²) in [7, 11) is 0. The fourth-order valence-corrected chi connectivity index (χ4v) is 5.25. The van der Waals surface area contributed by atoms with Gasteiger partial charge < -0.3 is 25.4 Å². The zero-order chi connectivity index (χ0) is 25.9. The lowest BCUT2D eigenvalue weighted by molar-refractivity contribution is -0.139. The first kappa shape index (κ1) is 25.2. The Kier molecular flexibility index (Phi) is 7.25. The summed E-state index contributed by atoms with van der Waals surface area (Å²) in [5.74, 6) is -0.839. The Balaban J connectivity index is 1.26. The van der Waals surface area contributed by atoms with Crippen molar-refractivity contribution in [2.24, 2.45) is 5.41 Å². The van der Waals surface area contributed by atoms with Crippen molar-refractivity contribution in [3.8, 4) is 0 Å². The molecule has 0 radical (unpaired) electrons. The number of carbonyl (C=O) groups is 4. The predicted octanol–water partition coefficient (Wildman–Crippen LogP) is 2.26. The van der Waals surface area contributed by atoms with Gasteiger partial charge in [-0.15, -0.1) is 11.3 Å². The number of hydrogen-bond donors (Lipinski definition) is 5. The monoisotopic (exact) mass is 513 g/mol. The van der Waals surface area contributed by atoms with Gasteiger partial charge in [0.25, 0.3) is 0 Å². The smallest absolute Gasteiger partial charge is 0.413 e. The van der Waals surface area contributed by atoms with Crippen LogP contribution in [-0.4, -0.2) is 58.5 Å². The summed E-state index contributed by atoms with van der Waals surface area (Å²) in [6.45, 7) is 1.93. The van der Waals surface area contributed by atoms with Gasteiger partial charge in [0, 0.05) is 21.9 Å². The second-order valence-electron chi connectivity index (χ2n) is 9.13. The highest BCUT2D eigenvalue weighted by Gasteiger charge is 2.64. The number of carbonyl (C=O) groups excluding carboxylic acids is 3. The van der Waals surface area contributed by atoms with Crippen LogP contribution in [0.3, 0.4) is 0 Å². The van der Waals surface area contributed by atoms with E-state index in [-0.39, 0.29) is 42.9 Å². The standard InChI is InChI=1S/C24H27N5O6S/c1-24-8-17(29(18(24)9-24)19(30)11-27-22(32)33)21(31)26-10-16-7-15(13-36-16)20(25)28-23(34)35-12-14-5-3-2-4-6-14/h2-7,13,17-18,27H,8-12H2,1H3,(H,26,31)(H,32,33)(H2,25,28,34)/t17-,18-,24+/m0/s1. The summed E-state index contributed by atoms with van der Waals surface area (Å²) in [5.41, 5.74) is 1.19. The van der Waals surface area contributed by atoms with Crippen LogP contribution in [0.1, 0.15) is 35.8 Å². The van der Waals surface area contributed by atoms with Gasteiger partial charge in [-0.25, -0.2) is 9.59 Å². The van der Waals surface area contributed by atoms with Gasteiger partial charge in [-0.05, 0) is 29.9 Å². The minimum Gasteiger partial charge on any atom is -0.465 e. The Morgan fingerprint density at radius 1 is 1.19 bits per heavy atom. The number of benzene rings is 1. The average molecular weight is 514 g/mol. The number of hydrogen-bond acceptors (Lipinski definition) is 7. The lowest BCUT2D eigenvalue weighted by Gasteiger charge is -2.26. The molecule has 1 saturated carbocycles. The Bertz CT molecular complexity index is 1180. The van der Waals surface area contributed by atoms with Crippen molar-refractivity contribution >= 4 is 41.2 Å². The molecule has 11 nitrogen and oxygen atoms in total. The molecular weight excluding hydrogens is 486 g/mol. The molecule has 1 aliphatic carbocycles. The van der Waals surface area contributed by atoms with Crippen molar-refractivity contribution in [2.75, 3.05) is 6.54 Å². The number of amidine groups is 1. The summed E-state index contributed by atoms with van der Waals surface area (Å²) in [6, 6.07) is 10.2. The molecule has 2 fully saturated rings. The van der Waals surface area contributed by atoms with Crippen LogP contribution < -0.4 is 16.0 Å². The van der Waals surface area contributed by atoms with E-state index in [1.807, 2.05) is 37.3 Å². The quantitative estimate of drug-likeness (QED) is 0.269. The van der Waals surface area contributed by atoms with E-state index in [9.17, 15) is 19.2 Å². The average Bonchev–Trinajstić information content (AvgIpc) is 3.18. The van der Waals surface area contributed by atoms with Crippen LogP contribution >= 0.6 is 11.3 Å². The third kappa shape index (κ3) is 5.82. The number of thiophene rings is 1. The molecule has 1 aliphatic heterocycles. The van der Waals surface area contributed by atoms with Crippen LogP contribution in [0.25, 0.3) is 0 Å². The molecule has 2 aliphatic rings. The first-order valence-corrected chi connectivity index (χ1v) is 12.2. The molecule has 12 heteroatoms. The molecule has 1 aromatic carbocycles. The van der Waals surface area contributed by atoms with Crippen LogP contribution in [0, 0.1) is 10.8 Å². The number of nitrogens with zero attached hydrogens (tertiary/aromatic N) is 1. The molecule has 36 heavy (non-hydrogen) atoms. The van der Waals surface area contributed by atoms with Crippen LogP contribution in [0.15, 0.2) is 41.8 Å². The van der Waals surface area contributed by atoms with Crippen molar-refractivity contribution in [2.45, 2.75) is 45.0 Å². The van der Waals surface area contributed by atoms with Crippen molar-refractivity contribution in [3.63, 3.8) is 0 Å². The fourth-order valence-electron chi connectivity index (χ4n) is 4.43. The largest absolute Gasteiger partial charge is 0.465 e. The Morgan fingerprint density at radius 3 is 2.67 bits per heavy atom. The van der Waals surface area contributed by atoms with E-state index in [4.69, 9.17) is 15.3 Å². The van der Waals surface area contributed by atoms with Gasteiger partial charge in [-0.1, -0.05) is 37.3 Å². The van der Waals surface area contributed by atoms with Gasteiger partial charge in [-0.2, -0.15) is 0 Å². The molecule has 5 N–H and O–H groups in total. The maximum absolute atomic E-state index is 12.9. The zero-order valence-electron chi connectivity index (χ0n) is 19.6. The van der Waals surface area contributed by atoms with Gasteiger partial charge in [0.2, 0.25) is 11.8 Å².